The van der Waals surface area contributed by atoms with Gasteiger partial charge in [-0.05, 0) is 5.92 Å². The molecule has 21 heavy (non-hydrogen) atoms. The molecule has 1 nitrogen and oxygen atoms in total. The van der Waals surface area contributed by atoms with E-state index in [4.69, 9.17) is 0 Å². The van der Waals surface area contributed by atoms with E-state index in [1.807, 2.05) is 0 Å². The molecule has 0 spiro atoms. The molecule has 2 fully saturated rings. The molecular weight excluding hydrogens is 423 g/mol. The van der Waals surface area contributed by atoms with Gasteiger partial charge in [-0.3, -0.25) is 0 Å². The molecule has 0 heterocycles. The average molecular weight is 461 g/mol. The van der Waals surface area contributed by atoms with Crippen LogP contribution < -0.4 is 0 Å². The van der Waals surface area contributed by atoms with Gasteiger partial charge < -0.3 is 20.3 Å². The zero-order chi connectivity index (χ0) is 15.3. The van der Waals surface area contributed by atoms with Crippen LogP contribution in [0.2, 0.25) is 0 Å². The largest absolute Gasteiger partial charge is 0.358 e. The zero-order valence-corrected chi connectivity index (χ0v) is 18.4. The second kappa shape index (κ2) is 15.4. The van der Waals surface area contributed by atoms with Gasteiger partial charge in [0.25, 0.3) is 0 Å². The van der Waals surface area contributed by atoms with Gasteiger partial charge in [0.1, 0.15) is 0 Å². The third kappa shape index (κ3) is 16.7. The Morgan fingerprint density at radius 3 is 1.62 bits per heavy atom. The zero-order valence-electron chi connectivity index (χ0n) is 15.2. The van der Waals surface area contributed by atoms with E-state index < -0.39 is 0 Å². The summed E-state index contributed by atoms with van der Waals surface area (Å²) in [7, 11) is 0. The fourth-order valence-electron chi connectivity index (χ4n) is 2.06. The summed E-state index contributed by atoms with van der Waals surface area (Å²) in [6.45, 7) is 8.82. The Balaban J connectivity index is 0. The number of rotatable bonds is 2. The molecule has 0 saturated heterocycles. The van der Waals surface area contributed by atoms with Crippen molar-refractivity contribution in [3.63, 3.8) is 0 Å². The van der Waals surface area contributed by atoms with Crippen LogP contribution in [-0.2, 0) is 20.9 Å². The van der Waals surface area contributed by atoms with E-state index in [0.29, 0.717) is 0 Å². The van der Waals surface area contributed by atoms with E-state index >= 15 is 0 Å². The van der Waals surface area contributed by atoms with Crippen molar-refractivity contribution in [1.29, 1.82) is 0 Å². The second-order valence-corrected chi connectivity index (χ2v) is 7.46. The maximum atomic E-state index is 4.25. The molecule has 0 atom stereocenters. The summed E-state index contributed by atoms with van der Waals surface area (Å²) in [5.41, 5.74) is 0.258. The second-order valence-electron chi connectivity index (χ2n) is 6.74. The van der Waals surface area contributed by atoms with Crippen LogP contribution in [0.15, 0.2) is 3.34 Å². The van der Waals surface area contributed by atoms with Gasteiger partial charge in [0.2, 0.25) is 0 Å². The molecule has 0 aliphatic heterocycles. The SMILES string of the molecule is CC1CC[CH-]CC1.CCC(C)(C)[N]=[Ta].[CH-]1CCCCC1.[CH3-]. The van der Waals surface area contributed by atoms with Crippen LogP contribution in [0.25, 0.3) is 0 Å². The molecule has 0 N–H and O–H groups in total. The van der Waals surface area contributed by atoms with E-state index in [-0.39, 0.29) is 13.0 Å². The summed E-state index contributed by atoms with van der Waals surface area (Å²) in [4.78, 5) is 0. The number of hydrogen-bond donors (Lipinski definition) is 0. The molecule has 0 aromatic carbocycles. The summed E-state index contributed by atoms with van der Waals surface area (Å²) in [5, 5.41) is 0. The first-order chi connectivity index (χ1) is 9.52. The fourth-order valence-corrected chi connectivity index (χ4v) is 2.57. The fraction of sp³-hybridized carbons (Fsp3) is 0.842. The Kier molecular flexibility index (Phi) is 17.5. The first-order valence-corrected chi connectivity index (χ1v) is 9.95. The molecule has 2 saturated carbocycles. The van der Waals surface area contributed by atoms with Gasteiger partial charge in [-0.2, -0.15) is 25.7 Å². The topological polar surface area (TPSA) is 12.4 Å². The predicted octanol–water partition coefficient (Wildman–Crippen LogP) is 6.91. The van der Waals surface area contributed by atoms with Crippen LogP contribution >= 0.6 is 0 Å². The van der Waals surface area contributed by atoms with Crippen molar-refractivity contribution in [3.8, 4) is 0 Å². The molecule has 0 aromatic heterocycles. The Hall–Kier alpha value is 0.540. The Morgan fingerprint density at radius 1 is 1.00 bits per heavy atom. The number of nitrogens with zero attached hydrogens (tertiary/aromatic N) is 1. The van der Waals surface area contributed by atoms with Gasteiger partial charge in [-0.15, -0.1) is 0 Å². The van der Waals surface area contributed by atoms with Crippen LogP contribution in [0.5, 0.6) is 0 Å². The molecule has 0 unspecified atom stereocenters. The quantitative estimate of drug-likeness (QED) is 0.396. The Bertz CT molecular complexity index is 204. The standard InChI is InChI=1S/C7H13.C6H11.C5H11N.CH3.Ta/c1-7-5-3-2-4-6-7;1-2-4-6-5-3-1;1-4-5(2,3)6;;/h2,7H,3-6H2,1H3;1H,2-6H2;4H2,1-3H3;1H3;/q2*-1;;-1;. The van der Waals surface area contributed by atoms with Gasteiger partial charge in [-0.25, -0.2) is 0 Å². The summed E-state index contributed by atoms with van der Waals surface area (Å²) in [5.74, 6) is 1.00. The van der Waals surface area contributed by atoms with Crippen molar-refractivity contribution in [2.24, 2.45) is 9.26 Å². The normalized spacial score (nSPS) is 19.0. The van der Waals surface area contributed by atoms with E-state index in [2.05, 4.69) is 43.9 Å². The van der Waals surface area contributed by atoms with Crippen molar-refractivity contribution in [1.82, 2.24) is 0 Å². The van der Waals surface area contributed by atoms with Gasteiger partial charge >= 0.3 is 57.0 Å². The molecule has 2 heteroatoms. The smallest absolute Gasteiger partial charge is 0.0582 e. The van der Waals surface area contributed by atoms with Gasteiger partial charge in [-0.1, -0.05) is 39.0 Å². The molecule has 2 aliphatic rings. The molecule has 0 aromatic rings. The van der Waals surface area contributed by atoms with Crippen molar-refractivity contribution in [2.75, 3.05) is 0 Å². The van der Waals surface area contributed by atoms with E-state index in [1.54, 1.807) is 0 Å². The van der Waals surface area contributed by atoms with Crippen molar-refractivity contribution in [2.45, 2.75) is 97.4 Å². The molecule has 2 rings (SSSR count). The van der Waals surface area contributed by atoms with Gasteiger partial charge in [0, 0.05) is 0 Å². The van der Waals surface area contributed by atoms with Crippen LogP contribution in [0.1, 0.15) is 91.9 Å². The summed E-state index contributed by atoms with van der Waals surface area (Å²) >= 11 is 1.16. The Morgan fingerprint density at radius 2 is 1.48 bits per heavy atom. The molecule has 0 bridgehead atoms. The van der Waals surface area contributed by atoms with Crippen LogP contribution in [0, 0.1) is 26.2 Å². The van der Waals surface area contributed by atoms with Crippen molar-refractivity contribution < 1.29 is 20.9 Å². The van der Waals surface area contributed by atoms with Gasteiger partial charge in [0.15, 0.2) is 0 Å². The van der Waals surface area contributed by atoms with Crippen molar-refractivity contribution in [3.05, 3.63) is 20.3 Å². The number of hydrogen-bond acceptors (Lipinski definition) is 1. The molecular formula is C19H38NTa-3. The maximum absolute atomic E-state index is 4.25. The molecule has 2 aliphatic carbocycles. The minimum absolute atomic E-state index is 0. The maximum Gasteiger partial charge on any atom is -0.0582 e. The molecule has 0 radical (unpaired) electrons. The Labute approximate surface area is 147 Å². The van der Waals surface area contributed by atoms with Crippen LogP contribution in [-0.4, -0.2) is 5.54 Å². The van der Waals surface area contributed by atoms with Crippen LogP contribution in [0.3, 0.4) is 0 Å². The summed E-state index contributed by atoms with van der Waals surface area (Å²) in [6.07, 6.45) is 18.6. The third-order valence-corrected chi connectivity index (χ3v) is 6.12. The van der Waals surface area contributed by atoms with E-state index in [0.717, 1.165) is 33.2 Å². The first kappa shape index (κ1) is 23.8. The molecule has 127 valence electrons. The van der Waals surface area contributed by atoms with Crippen molar-refractivity contribution >= 4 is 0 Å². The minimum atomic E-state index is 0. The minimum Gasteiger partial charge on any atom is -0.358 e. The van der Waals surface area contributed by atoms with Crippen LogP contribution in [0.4, 0.5) is 0 Å². The van der Waals surface area contributed by atoms with E-state index in [1.165, 1.54) is 57.8 Å². The predicted molar refractivity (Wildman–Crippen MR) is 92.5 cm³/mol. The van der Waals surface area contributed by atoms with Gasteiger partial charge in [0.05, 0.1) is 0 Å². The summed E-state index contributed by atoms with van der Waals surface area (Å²) < 4.78 is 4.25. The third-order valence-electron chi connectivity index (χ3n) is 4.18. The monoisotopic (exact) mass is 461 g/mol. The molecule has 0 amide bonds. The average Bonchev–Trinajstić information content (AvgIpc) is 2.51. The first-order valence-electron chi connectivity index (χ1n) is 8.51. The van der Waals surface area contributed by atoms with E-state index in [9.17, 15) is 0 Å². The summed E-state index contributed by atoms with van der Waals surface area (Å²) in [6, 6.07) is 0.